The van der Waals surface area contributed by atoms with Gasteiger partial charge in [-0.3, -0.25) is 4.98 Å². The molecule has 1 aromatic carbocycles. The third-order valence-electron chi connectivity index (χ3n) is 3.18. The number of hydrogen-bond acceptors (Lipinski definition) is 7. The summed E-state index contributed by atoms with van der Waals surface area (Å²) in [6, 6.07) is 7.96. The highest BCUT2D eigenvalue weighted by Crippen LogP contribution is 2.21. The zero-order valence-electron chi connectivity index (χ0n) is 12.6. The standard InChI is InChI=1S/C15H12BrFN6O2/c16-11-6-10(3-4-12(11)17)20-15(21-24)13-14(23-25-22-13)19-8-9-2-1-5-18-7-9/h1-7,24H,8H2,(H,19,23)(H,20,21). The quantitative estimate of drug-likeness (QED) is 0.258. The number of amidine groups is 1. The largest absolute Gasteiger partial charge is 0.409 e. The van der Waals surface area contributed by atoms with Gasteiger partial charge in [0.05, 0.1) is 4.47 Å². The molecular weight excluding hydrogens is 395 g/mol. The highest BCUT2D eigenvalue weighted by molar-refractivity contribution is 9.10. The molecule has 3 rings (SSSR count). The van der Waals surface area contributed by atoms with E-state index in [-0.39, 0.29) is 21.8 Å². The Morgan fingerprint density at radius 2 is 2.20 bits per heavy atom. The highest BCUT2D eigenvalue weighted by Gasteiger charge is 2.18. The molecule has 0 aliphatic carbocycles. The number of halogens is 2. The van der Waals surface area contributed by atoms with Crippen LogP contribution < -0.4 is 10.6 Å². The first-order valence-electron chi connectivity index (χ1n) is 7.07. The Balaban J connectivity index is 1.75. The number of nitrogens with zero attached hydrogens (tertiary/aromatic N) is 4. The van der Waals surface area contributed by atoms with E-state index in [9.17, 15) is 9.60 Å². The molecule has 3 aromatic rings. The number of nitrogens with one attached hydrogen (secondary N) is 2. The van der Waals surface area contributed by atoms with Crippen molar-refractivity contribution in [3.05, 3.63) is 64.3 Å². The monoisotopic (exact) mass is 406 g/mol. The average Bonchev–Trinajstić information content (AvgIpc) is 3.10. The summed E-state index contributed by atoms with van der Waals surface area (Å²) in [5.74, 6) is -0.131. The highest BCUT2D eigenvalue weighted by atomic mass is 79.9. The van der Waals surface area contributed by atoms with E-state index in [1.807, 2.05) is 12.1 Å². The van der Waals surface area contributed by atoms with Gasteiger partial charge in [0.25, 0.3) is 0 Å². The van der Waals surface area contributed by atoms with Crippen molar-refractivity contribution < 1.29 is 14.2 Å². The van der Waals surface area contributed by atoms with Gasteiger partial charge in [0, 0.05) is 24.6 Å². The van der Waals surface area contributed by atoms with Crippen LogP contribution in [0.3, 0.4) is 0 Å². The molecule has 0 amide bonds. The van der Waals surface area contributed by atoms with Crippen LogP contribution in [0.5, 0.6) is 0 Å². The minimum absolute atomic E-state index is 0.00607. The zero-order chi connectivity index (χ0) is 17.6. The van der Waals surface area contributed by atoms with E-state index in [2.05, 4.69) is 47.0 Å². The fraction of sp³-hybridized carbons (Fsp3) is 0.0667. The molecule has 128 valence electrons. The fourth-order valence-electron chi connectivity index (χ4n) is 1.99. The summed E-state index contributed by atoms with van der Waals surface area (Å²) in [5, 5.41) is 25.8. The maximum Gasteiger partial charge on any atom is 0.203 e. The van der Waals surface area contributed by atoms with Gasteiger partial charge in [0.1, 0.15) is 5.82 Å². The van der Waals surface area contributed by atoms with Crippen LogP contribution in [0.15, 0.2) is 57.0 Å². The van der Waals surface area contributed by atoms with Crippen LogP contribution in [0.1, 0.15) is 11.3 Å². The lowest BCUT2D eigenvalue weighted by molar-refractivity contribution is 0.305. The van der Waals surface area contributed by atoms with E-state index in [1.165, 1.54) is 18.2 Å². The Morgan fingerprint density at radius 1 is 1.32 bits per heavy atom. The first kappa shape index (κ1) is 16.8. The van der Waals surface area contributed by atoms with E-state index < -0.39 is 5.82 Å². The number of oxime groups is 1. The Morgan fingerprint density at radius 3 is 2.92 bits per heavy atom. The van der Waals surface area contributed by atoms with Crippen LogP contribution in [0.25, 0.3) is 0 Å². The lowest BCUT2D eigenvalue weighted by atomic mass is 10.2. The van der Waals surface area contributed by atoms with Gasteiger partial charge in [0.2, 0.25) is 11.7 Å². The molecule has 0 bridgehead atoms. The zero-order valence-corrected chi connectivity index (χ0v) is 14.2. The van der Waals surface area contributed by atoms with Gasteiger partial charge < -0.3 is 15.8 Å². The number of benzene rings is 1. The lowest BCUT2D eigenvalue weighted by Crippen LogP contribution is -2.16. The number of pyridine rings is 1. The molecule has 0 saturated carbocycles. The van der Waals surface area contributed by atoms with Crippen molar-refractivity contribution in [3.8, 4) is 0 Å². The van der Waals surface area contributed by atoms with E-state index in [0.29, 0.717) is 12.2 Å². The van der Waals surface area contributed by atoms with E-state index in [4.69, 9.17) is 4.63 Å². The van der Waals surface area contributed by atoms with Crippen molar-refractivity contribution in [1.82, 2.24) is 15.3 Å². The Kier molecular flexibility index (Phi) is 5.19. The fourth-order valence-corrected chi connectivity index (χ4v) is 2.37. The van der Waals surface area contributed by atoms with Crippen LogP contribution in [-0.2, 0) is 6.54 Å². The summed E-state index contributed by atoms with van der Waals surface area (Å²) in [6.07, 6.45) is 3.38. The molecule has 0 fully saturated rings. The molecule has 0 spiro atoms. The van der Waals surface area contributed by atoms with Gasteiger partial charge in [-0.05, 0) is 56.1 Å². The van der Waals surface area contributed by atoms with E-state index in [0.717, 1.165) is 5.56 Å². The number of rotatable bonds is 5. The van der Waals surface area contributed by atoms with Crippen LogP contribution in [0, 0.1) is 5.82 Å². The first-order chi connectivity index (χ1) is 12.2. The maximum atomic E-state index is 13.3. The number of anilines is 2. The summed E-state index contributed by atoms with van der Waals surface area (Å²) in [7, 11) is 0. The number of hydrogen-bond donors (Lipinski definition) is 3. The topological polar surface area (TPSA) is 108 Å². The van der Waals surface area contributed by atoms with Crippen molar-refractivity contribution in [3.63, 3.8) is 0 Å². The van der Waals surface area contributed by atoms with Gasteiger partial charge in [-0.15, -0.1) is 0 Å². The summed E-state index contributed by atoms with van der Waals surface area (Å²) >= 11 is 3.09. The molecule has 2 heterocycles. The van der Waals surface area contributed by atoms with Gasteiger partial charge in [-0.1, -0.05) is 11.2 Å². The summed E-state index contributed by atoms with van der Waals surface area (Å²) in [4.78, 5) is 4.02. The molecule has 0 saturated heterocycles. The lowest BCUT2D eigenvalue weighted by Gasteiger charge is -2.08. The molecule has 3 N–H and O–H groups in total. The van der Waals surface area contributed by atoms with Crippen LogP contribution in [0.2, 0.25) is 0 Å². The Labute approximate surface area is 149 Å². The molecule has 10 heteroatoms. The second-order valence-corrected chi connectivity index (χ2v) is 5.73. The predicted molar refractivity (Wildman–Crippen MR) is 91.9 cm³/mol. The molecule has 2 aromatic heterocycles. The van der Waals surface area contributed by atoms with Gasteiger partial charge in [-0.2, -0.15) is 0 Å². The Hall–Kier alpha value is -3.01. The van der Waals surface area contributed by atoms with Gasteiger partial charge in [-0.25, -0.2) is 9.02 Å². The summed E-state index contributed by atoms with van der Waals surface area (Å²) < 4.78 is 18.3. The summed E-state index contributed by atoms with van der Waals surface area (Å²) in [5.41, 5.74) is 1.59. The van der Waals surface area contributed by atoms with Crippen molar-refractivity contribution >= 4 is 33.3 Å². The predicted octanol–water partition coefficient (Wildman–Crippen LogP) is 3.23. The normalized spacial score (nSPS) is 11.4. The van der Waals surface area contributed by atoms with Crippen LogP contribution >= 0.6 is 15.9 Å². The van der Waals surface area contributed by atoms with Gasteiger partial charge >= 0.3 is 0 Å². The molecular formula is C15H12BrFN6O2. The second-order valence-electron chi connectivity index (χ2n) is 4.88. The van der Waals surface area contributed by atoms with E-state index in [1.54, 1.807) is 12.4 Å². The minimum atomic E-state index is -0.407. The second kappa shape index (κ2) is 7.71. The van der Waals surface area contributed by atoms with Crippen molar-refractivity contribution in [2.24, 2.45) is 5.16 Å². The van der Waals surface area contributed by atoms with E-state index >= 15 is 0 Å². The average molecular weight is 407 g/mol. The molecule has 0 aliphatic heterocycles. The molecule has 0 radical (unpaired) electrons. The third-order valence-corrected chi connectivity index (χ3v) is 3.79. The molecule has 0 atom stereocenters. The van der Waals surface area contributed by atoms with Crippen molar-refractivity contribution in [1.29, 1.82) is 0 Å². The number of aromatic nitrogens is 3. The molecule has 25 heavy (non-hydrogen) atoms. The smallest absolute Gasteiger partial charge is 0.203 e. The minimum Gasteiger partial charge on any atom is -0.409 e. The van der Waals surface area contributed by atoms with Crippen molar-refractivity contribution in [2.45, 2.75) is 6.54 Å². The van der Waals surface area contributed by atoms with Crippen LogP contribution in [-0.4, -0.2) is 26.3 Å². The first-order valence-corrected chi connectivity index (χ1v) is 7.86. The maximum absolute atomic E-state index is 13.3. The molecule has 0 aliphatic rings. The molecule has 8 nitrogen and oxygen atoms in total. The Bertz CT molecular complexity index is 887. The summed E-state index contributed by atoms with van der Waals surface area (Å²) in [6.45, 7) is 0.426. The van der Waals surface area contributed by atoms with Gasteiger partial charge in [0.15, 0.2) is 5.69 Å². The molecule has 0 unspecified atom stereocenters. The van der Waals surface area contributed by atoms with Crippen molar-refractivity contribution in [2.75, 3.05) is 10.6 Å². The van der Waals surface area contributed by atoms with Crippen LogP contribution in [0.4, 0.5) is 15.9 Å². The third kappa shape index (κ3) is 4.10. The SMILES string of the molecule is O/N=C(\Nc1ccc(F)c(Br)c1)c1nonc1NCc1cccnc1.